The van der Waals surface area contributed by atoms with Crippen molar-refractivity contribution in [1.29, 1.82) is 0 Å². The van der Waals surface area contributed by atoms with Gasteiger partial charge < -0.3 is 4.42 Å². The van der Waals surface area contributed by atoms with E-state index in [1.165, 1.54) is 11.8 Å². The van der Waals surface area contributed by atoms with Gasteiger partial charge in [-0.25, -0.2) is 0 Å². The molecule has 2 heterocycles. The van der Waals surface area contributed by atoms with E-state index in [2.05, 4.69) is 16.8 Å². The summed E-state index contributed by atoms with van der Waals surface area (Å²) in [4.78, 5) is 0. The molecular formula is C16H14ClN3OS. The number of hydrogen-bond acceptors (Lipinski definition) is 4. The van der Waals surface area contributed by atoms with E-state index in [9.17, 15) is 0 Å². The first-order valence-corrected chi connectivity index (χ1v) is 8.04. The van der Waals surface area contributed by atoms with Gasteiger partial charge in [-0.3, -0.25) is 4.57 Å². The fraction of sp³-hybridized carbons (Fsp3) is 0.125. The molecule has 22 heavy (non-hydrogen) atoms. The predicted octanol–water partition coefficient (Wildman–Crippen LogP) is 4.68. The molecule has 3 aromatic rings. The molecule has 0 fully saturated rings. The van der Waals surface area contributed by atoms with Crippen LogP contribution in [0.5, 0.6) is 0 Å². The average molecular weight is 332 g/mol. The summed E-state index contributed by atoms with van der Waals surface area (Å²) in [7, 11) is 0. The molecule has 0 aliphatic heterocycles. The minimum Gasteiger partial charge on any atom is -0.469 e. The van der Waals surface area contributed by atoms with Crippen LogP contribution in [0.25, 0.3) is 17.1 Å². The number of thioether (sulfide) groups is 1. The monoisotopic (exact) mass is 331 g/mol. The maximum absolute atomic E-state index is 5.87. The maximum Gasteiger partial charge on any atom is 0.196 e. The third kappa shape index (κ3) is 2.96. The lowest BCUT2D eigenvalue weighted by molar-refractivity contribution is 0.535. The highest BCUT2D eigenvalue weighted by Gasteiger charge is 2.18. The van der Waals surface area contributed by atoms with Crippen molar-refractivity contribution in [3.05, 3.63) is 60.0 Å². The van der Waals surface area contributed by atoms with Crippen LogP contribution in [0, 0.1) is 6.92 Å². The molecule has 1 aromatic carbocycles. The zero-order chi connectivity index (χ0) is 15.5. The number of furan rings is 1. The molecule has 4 nitrogen and oxygen atoms in total. The van der Waals surface area contributed by atoms with E-state index in [0.717, 1.165) is 28.0 Å². The Morgan fingerprint density at radius 3 is 2.68 bits per heavy atom. The standard InChI is InChI=1S/C16H14ClN3OS/c1-11(17)10-22-16-19-18-15(14-8-9-21-12(14)2)20(16)13-6-4-3-5-7-13/h3-9H,1,10H2,2H3. The van der Waals surface area contributed by atoms with Crippen LogP contribution >= 0.6 is 23.4 Å². The van der Waals surface area contributed by atoms with Crippen molar-refractivity contribution in [2.24, 2.45) is 0 Å². The summed E-state index contributed by atoms with van der Waals surface area (Å²) in [6.07, 6.45) is 1.65. The van der Waals surface area contributed by atoms with Crippen molar-refractivity contribution in [3.8, 4) is 17.1 Å². The van der Waals surface area contributed by atoms with Crippen molar-refractivity contribution < 1.29 is 4.42 Å². The maximum atomic E-state index is 5.87. The molecule has 0 bridgehead atoms. The smallest absolute Gasteiger partial charge is 0.196 e. The number of aryl methyl sites for hydroxylation is 1. The van der Waals surface area contributed by atoms with Crippen molar-refractivity contribution in [1.82, 2.24) is 14.8 Å². The van der Waals surface area contributed by atoms with Gasteiger partial charge in [-0.2, -0.15) is 0 Å². The molecule has 0 N–H and O–H groups in total. The van der Waals surface area contributed by atoms with Gasteiger partial charge in [-0.05, 0) is 25.1 Å². The molecule has 0 saturated heterocycles. The largest absolute Gasteiger partial charge is 0.469 e. The minimum atomic E-state index is 0.577. The van der Waals surface area contributed by atoms with E-state index in [0.29, 0.717) is 10.8 Å². The summed E-state index contributed by atoms with van der Waals surface area (Å²) in [5.41, 5.74) is 1.92. The van der Waals surface area contributed by atoms with Crippen LogP contribution in [-0.2, 0) is 0 Å². The van der Waals surface area contributed by atoms with E-state index >= 15 is 0 Å². The van der Waals surface area contributed by atoms with E-state index in [-0.39, 0.29) is 0 Å². The number of hydrogen-bond donors (Lipinski definition) is 0. The molecule has 2 aromatic heterocycles. The zero-order valence-corrected chi connectivity index (χ0v) is 13.6. The Balaban J connectivity index is 2.11. The quantitative estimate of drug-likeness (QED) is 0.637. The molecule has 112 valence electrons. The Bertz CT molecular complexity index is 795. The summed E-state index contributed by atoms with van der Waals surface area (Å²) in [5.74, 6) is 2.14. The van der Waals surface area contributed by atoms with Gasteiger partial charge in [-0.1, -0.05) is 48.1 Å². The molecule has 0 spiro atoms. The highest BCUT2D eigenvalue weighted by molar-refractivity contribution is 7.99. The molecule has 6 heteroatoms. The van der Waals surface area contributed by atoms with Gasteiger partial charge in [-0.15, -0.1) is 10.2 Å². The third-order valence-corrected chi connectivity index (χ3v) is 4.41. The van der Waals surface area contributed by atoms with Crippen LogP contribution in [0.3, 0.4) is 0 Å². The van der Waals surface area contributed by atoms with E-state index < -0.39 is 0 Å². The van der Waals surface area contributed by atoms with Crippen LogP contribution in [0.4, 0.5) is 0 Å². The Kier molecular flexibility index (Phi) is 4.36. The van der Waals surface area contributed by atoms with E-state index in [4.69, 9.17) is 16.0 Å². The molecule has 0 aliphatic rings. The first-order chi connectivity index (χ1) is 10.7. The lowest BCUT2D eigenvalue weighted by Gasteiger charge is -2.09. The minimum absolute atomic E-state index is 0.577. The van der Waals surface area contributed by atoms with Gasteiger partial charge in [0.2, 0.25) is 0 Å². The number of nitrogens with zero attached hydrogens (tertiary/aromatic N) is 3. The lowest BCUT2D eigenvalue weighted by atomic mass is 10.2. The molecule has 3 rings (SSSR count). The van der Waals surface area contributed by atoms with Gasteiger partial charge in [0.1, 0.15) is 5.76 Å². The Labute approximate surface area is 137 Å². The summed E-state index contributed by atoms with van der Waals surface area (Å²) in [5, 5.41) is 9.97. The highest BCUT2D eigenvalue weighted by Crippen LogP contribution is 2.30. The second-order valence-electron chi connectivity index (χ2n) is 4.67. The van der Waals surface area contributed by atoms with Crippen molar-refractivity contribution >= 4 is 23.4 Å². The van der Waals surface area contributed by atoms with Gasteiger partial charge in [0.05, 0.1) is 11.8 Å². The average Bonchev–Trinajstić information content (AvgIpc) is 3.11. The molecular weight excluding hydrogens is 318 g/mol. The molecule has 0 radical (unpaired) electrons. The summed E-state index contributed by atoms with van der Waals surface area (Å²) < 4.78 is 7.40. The molecule has 0 amide bonds. The second-order valence-corrected chi connectivity index (χ2v) is 6.15. The molecule has 0 atom stereocenters. The van der Waals surface area contributed by atoms with Crippen LogP contribution in [0.1, 0.15) is 5.76 Å². The summed E-state index contributed by atoms with van der Waals surface area (Å²) in [6, 6.07) is 11.9. The number of benzene rings is 1. The van der Waals surface area contributed by atoms with Crippen LogP contribution < -0.4 is 0 Å². The fourth-order valence-corrected chi connectivity index (χ4v) is 2.98. The van der Waals surface area contributed by atoms with Crippen molar-refractivity contribution in [2.45, 2.75) is 12.1 Å². The Morgan fingerprint density at radius 2 is 2.05 bits per heavy atom. The van der Waals surface area contributed by atoms with Crippen LogP contribution in [-0.4, -0.2) is 20.5 Å². The number of aromatic nitrogens is 3. The first kappa shape index (κ1) is 14.9. The Hall–Kier alpha value is -1.98. The summed E-state index contributed by atoms with van der Waals surface area (Å²) in [6.45, 7) is 5.63. The topological polar surface area (TPSA) is 43.9 Å². The number of halogens is 1. The highest BCUT2D eigenvalue weighted by atomic mass is 35.5. The van der Waals surface area contributed by atoms with Crippen LogP contribution in [0.2, 0.25) is 0 Å². The lowest BCUT2D eigenvalue weighted by Crippen LogP contribution is -1.99. The predicted molar refractivity (Wildman–Crippen MR) is 89.5 cm³/mol. The van der Waals surface area contributed by atoms with Crippen molar-refractivity contribution in [2.75, 3.05) is 5.75 Å². The van der Waals surface area contributed by atoms with Gasteiger partial charge in [0.25, 0.3) is 0 Å². The summed E-state index contributed by atoms with van der Waals surface area (Å²) >= 11 is 7.37. The van der Waals surface area contributed by atoms with Crippen LogP contribution in [0.15, 0.2) is 63.8 Å². The molecule has 0 saturated carbocycles. The number of rotatable bonds is 5. The SMILES string of the molecule is C=C(Cl)CSc1nnc(-c2ccoc2C)n1-c1ccccc1. The second kappa shape index (κ2) is 6.42. The van der Waals surface area contributed by atoms with Crippen molar-refractivity contribution in [3.63, 3.8) is 0 Å². The third-order valence-electron chi connectivity index (χ3n) is 3.11. The zero-order valence-electron chi connectivity index (χ0n) is 12.0. The first-order valence-electron chi connectivity index (χ1n) is 6.68. The van der Waals surface area contributed by atoms with E-state index in [1.807, 2.05) is 47.9 Å². The van der Waals surface area contributed by atoms with E-state index in [1.54, 1.807) is 6.26 Å². The fourth-order valence-electron chi connectivity index (χ4n) is 2.11. The van der Waals surface area contributed by atoms with Gasteiger partial charge in [0, 0.05) is 16.5 Å². The molecule has 0 aliphatic carbocycles. The van der Waals surface area contributed by atoms with Gasteiger partial charge >= 0.3 is 0 Å². The molecule has 0 unspecified atom stereocenters. The normalized spacial score (nSPS) is 10.8. The van der Waals surface area contributed by atoms with Gasteiger partial charge in [0.15, 0.2) is 11.0 Å². The Morgan fingerprint density at radius 1 is 1.27 bits per heavy atom. The number of para-hydroxylation sites is 1.